The van der Waals surface area contributed by atoms with Gasteiger partial charge in [0.1, 0.15) is 11.4 Å². The molecular formula is C21H26N4O. The Kier molecular flexibility index (Phi) is 6.00. The number of nitrogens with zero attached hydrogens (tertiary/aromatic N) is 4. The molecule has 0 saturated heterocycles. The molecular weight excluding hydrogens is 324 g/mol. The van der Waals surface area contributed by atoms with Gasteiger partial charge < -0.3 is 4.74 Å². The summed E-state index contributed by atoms with van der Waals surface area (Å²) in [6.07, 6.45) is 6.86. The molecule has 0 unspecified atom stereocenters. The molecule has 0 aliphatic carbocycles. The Morgan fingerprint density at radius 2 is 1.77 bits per heavy atom. The van der Waals surface area contributed by atoms with Crippen LogP contribution in [0.1, 0.15) is 43.9 Å². The van der Waals surface area contributed by atoms with Crippen LogP contribution < -0.4 is 4.74 Å². The molecule has 0 N–H and O–H groups in total. The fourth-order valence-electron chi connectivity index (χ4n) is 2.81. The summed E-state index contributed by atoms with van der Waals surface area (Å²) in [5.41, 5.74) is 3.71. The van der Waals surface area contributed by atoms with E-state index in [1.807, 2.05) is 53.9 Å². The van der Waals surface area contributed by atoms with Crippen molar-refractivity contribution in [2.45, 2.75) is 46.5 Å². The van der Waals surface area contributed by atoms with Crippen LogP contribution in [0.5, 0.6) is 5.75 Å². The molecule has 1 aromatic carbocycles. The van der Waals surface area contributed by atoms with Crippen LogP contribution in [0.4, 0.5) is 11.5 Å². The van der Waals surface area contributed by atoms with Gasteiger partial charge in [-0.05, 0) is 56.2 Å². The molecule has 2 heterocycles. The Bertz CT molecular complexity index is 881. The van der Waals surface area contributed by atoms with Crippen molar-refractivity contribution in [3.8, 4) is 5.75 Å². The van der Waals surface area contributed by atoms with Gasteiger partial charge in [0.2, 0.25) is 0 Å². The monoisotopic (exact) mass is 350 g/mol. The molecule has 0 radical (unpaired) electrons. The molecule has 0 amide bonds. The molecule has 136 valence electrons. The zero-order valence-corrected chi connectivity index (χ0v) is 15.8. The van der Waals surface area contributed by atoms with E-state index in [1.54, 1.807) is 0 Å². The maximum atomic E-state index is 5.76. The van der Waals surface area contributed by atoms with Gasteiger partial charge in [-0.25, -0.2) is 4.98 Å². The average molecular weight is 350 g/mol. The summed E-state index contributed by atoms with van der Waals surface area (Å²) in [5, 5.41) is 8.78. The number of fused-ring (bicyclic) bond motifs is 1. The van der Waals surface area contributed by atoms with Crippen LogP contribution in [0.25, 0.3) is 5.65 Å². The number of azo groups is 1. The van der Waals surface area contributed by atoms with E-state index in [9.17, 15) is 0 Å². The van der Waals surface area contributed by atoms with Crippen LogP contribution in [0.2, 0.25) is 0 Å². The van der Waals surface area contributed by atoms with Crippen molar-refractivity contribution in [3.05, 3.63) is 53.9 Å². The SMILES string of the molecule is CCCCCCOc1ccc(N=Nc2c(C)nc3ccc(C)cn23)cc1. The third-order valence-corrected chi connectivity index (χ3v) is 4.27. The number of hydrogen-bond donors (Lipinski definition) is 0. The van der Waals surface area contributed by atoms with E-state index in [-0.39, 0.29) is 0 Å². The predicted molar refractivity (Wildman–Crippen MR) is 105 cm³/mol. The number of ether oxygens (including phenoxy) is 1. The van der Waals surface area contributed by atoms with E-state index < -0.39 is 0 Å². The van der Waals surface area contributed by atoms with E-state index in [0.29, 0.717) is 0 Å². The molecule has 2 aromatic heterocycles. The van der Waals surface area contributed by atoms with Gasteiger partial charge in [-0.1, -0.05) is 32.3 Å². The Balaban J connectivity index is 1.66. The lowest BCUT2D eigenvalue weighted by Gasteiger charge is -2.05. The maximum Gasteiger partial charge on any atom is 0.182 e. The first-order chi connectivity index (χ1) is 12.7. The molecule has 0 spiro atoms. The topological polar surface area (TPSA) is 51.2 Å². The van der Waals surface area contributed by atoms with Crippen molar-refractivity contribution in [3.63, 3.8) is 0 Å². The molecule has 26 heavy (non-hydrogen) atoms. The molecule has 0 fully saturated rings. The van der Waals surface area contributed by atoms with E-state index in [4.69, 9.17) is 4.74 Å². The second-order valence-electron chi connectivity index (χ2n) is 6.56. The first kappa shape index (κ1) is 18.1. The van der Waals surface area contributed by atoms with Crippen molar-refractivity contribution < 1.29 is 4.74 Å². The molecule has 0 saturated carbocycles. The van der Waals surface area contributed by atoms with Crippen LogP contribution in [0.15, 0.2) is 52.8 Å². The summed E-state index contributed by atoms with van der Waals surface area (Å²) in [6, 6.07) is 11.8. The zero-order chi connectivity index (χ0) is 18.4. The van der Waals surface area contributed by atoms with Gasteiger partial charge in [0.15, 0.2) is 5.82 Å². The highest BCUT2D eigenvalue weighted by atomic mass is 16.5. The normalized spacial score (nSPS) is 11.5. The highest BCUT2D eigenvalue weighted by Gasteiger charge is 2.07. The summed E-state index contributed by atoms with van der Waals surface area (Å²) in [6.45, 7) is 6.98. The minimum Gasteiger partial charge on any atom is -0.494 e. The van der Waals surface area contributed by atoms with E-state index in [0.717, 1.165) is 47.2 Å². The quantitative estimate of drug-likeness (QED) is 0.352. The number of hydrogen-bond acceptors (Lipinski definition) is 4. The molecule has 5 heteroatoms. The van der Waals surface area contributed by atoms with Crippen molar-refractivity contribution in [2.75, 3.05) is 6.61 Å². The zero-order valence-electron chi connectivity index (χ0n) is 15.8. The summed E-state index contributed by atoms with van der Waals surface area (Å²) in [4.78, 5) is 4.52. The second kappa shape index (κ2) is 8.61. The molecule has 0 aliphatic heterocycles. The van der Waals surface area contributed by atoms with Gasteiger partial charge in [0.25, 0.3) is 0 Å². The van der Waals surface area contributed by atoms with Gasteiger partial charge in [0, 0.05) is 6.20 Å². The van der Waals surface area contributed by atoms with E-state index in [1.165, 1.54) is 19.3 Å². The number of unbranched alkanes of at least 4 members (excludes halogenated alkanes) is 3. The summed E-state index contributed by atoms with van der Waals surface area (Å²) >= 11 is 0. The van der Waals surface area contributed by atoms with Crippen molar-refractivity contribution in [1.29, 1.82) is 0 Å². The van der Waals surface area contributed by atoms with Gasteiger partial charge in [-0.2, -0.15) is 0 Å². The average Bonchev–Trinajstić information content (AvgIpc) is 2.95. The second-order valence-corrected chi connectivity index (χ2v) is 6.56. The highest BCUT2D eigenvalue weighted by Crippen LogP contribution is 2.25. The number of imidazole rings is 1. The number of aromatic nitrogens is 2. The van der Waals surface area contributed by atoms with Crippen LogP contribution >= 0.6 is 0 Å². The van der Waals surface area contributed by atoms with Crippen molar-refractivity contribution in [1.82, 2.24) is 9.38 Å². The molecule has 0 bridgehead atoms. The maximum absolute atomic E-state index is 5.76. The Labute approximate surface area is 154 Å². The molecule has 3 aromatic rings. The van der Waals surface area contributed by atoms with Crippen LogP contribution in [-0.4, -0.2) is 16.0 Å². The summed E-state index contributed by atoms with van der Waals surface area (Å²) in [7, 11) is 0. The van der Waals surface area contributed by atoms with Gasteiger partial charge in [0.05, 0.1) is 18.0 Å². The number of aryl methyl sites for hydroxylation is 2. The van der Waals surface area contributed by atoms with Gasteiger partial charge in [-0.3, -0.25) is 4.40 Å². The lowest BCUT2D eigenvalue weighted by Crippen LogP contribution is -1.96. The highest BCUT2D eigenvalue weighted by molar-refractivity contribution is 5.52. The molecule has 5 nitrogen and oxygen atoms in total. The van der Waals surface area contributed by atoms with E-state index >= 15 is 0 Å². The number of pyridine rings is 1. The summed E-state index contributed by atoms with van der Waals surface area (Å²) in [5.74, 6) is 1.64. The Morgan fingerprint density at radius 1 is 0.962 bits per heavy atom. The fourth-order valence-corrected chi connectivity index (χ4v) is 2.81. The molecule has 3 rings (SSSR count). The Hall–Kier alpha value is -2.69. The van der Waals surface area contributed by atoms with Crippen molar-refractivity contribution in [2.24, 2.45) is 10.2 Å². The lowest BCUT2D eigenvalue weighted by atomic mass is 10.2. The summed E-state index contributed by atoms with van der Waals surface area (Å²) < 4.78 is 7.74. The van der Waals surface area contributed by atoms with Crippen molar-refractivity contribution >= 4 is 17.2 Å². The third-order valence-electron chi connectivity index (χ3n) is 4.27. The largest absolute Gasteiger partial charge is 0.494 e. The minimum absolute atomic E-state index is 0.764. The lowest BCUT2D eigenvalue weighted by molar-refractivity contribution is 0.305. The van der Waals surface area contributed by atoms with E-state index in [2.05, 4.69) is 29.1 Å². The number of rotatable bonds is 8. The van der Waals surface area contributed by atoms with Crippen LogP contribution in [-0.2, 0) is 0 Å². The van der Waals surface area contributed by atoms with Crippen LogP contribution in [0.3, 0.4) is 0 Å². The fraction of sp³-hybridized carbons (Fsp3) is 0.381. The minimum atomic E-state index is 0.764. The molecule has 0 aliphatic rings. The van der Waals surface area contributed by atoms with Crippen LogP contribution in [0, 0.1) is 13.8 Å². The van der Waals surface area contributed by atoms with Gasteiger partial charge >= 0.3 is 0 Å². The van der Waals surface area contributed by atoms with Gasteiger partial charge in [-0.15, -0.1) is 10.2 Å². The Morgan fingerprint density at radius 3 is 2.54 bits per heavy atom. The smallest absolute Gasteiger partial charge is 0.182 e. The first-order valence-corrected chi connectivity index (χ1v) is 9.27. The third kappa shape index (κ3) is 4.48. The molecule has 0 atom stereocenters. The predicted octanol–water partition coefficient (Wildman–Crippen LogP) is 6.33. The first-order valence-electron chi connectivity index (χ1n) is 9.27. The standard InChI is InChI=1S/C21H26N4O/c1-4-5-6-7-14-26-19-11-9-18(10-12-19)23-24-21-17(3)22-20-13-8-16(2)15-25(20)21/h8-13,15H,4-7,14H2,1-3H3. The number of benzene rings is 1.